The van der Waals surface area contributed by atoms with Gasteiger partial charge in [0, 0.05) is 13.2 Å². The summed E-state index contributed by atoms with van der Waals surface area (Å²) in [5, 5.41) is 14.9. The van der Waals surface area contributed by atoms with E-state index in [0.29, 0.717) is 19.2 Å². The van der Waals surface area contributed by atoms with Crippen LogP contribution in [0, 0.1) is 0 Å². The molecule has 1 aliphatic rings. The Bertz CT molecular complexity index is 283. The van der Waals surface area contributed by atoms with Gasteiger partial charge in [-0.25, -0.2) is 4.68 Å². The summed E-state index contributed by atoms with van der Waals surface area (Å²) in [6.07, 6.45) is 2.55. The molecule has 0 bridgehead atoms. The van der Waals surface area contributed by atoms with Crippen LogP contribution in [0.4, 0.5) is 0 Å². The Morgan fingerprint density at radius 1 is 1.57 bits per heavy atom. The number of hydrogen-bond acceptors (Lipinski definition) is 5. The third kappa shape index (κ3) is 2.49. The second-order valence-electron chi connectivity index (χ2n) is 3.47. The molecule has 0 aromatic carbocycles. The molecular weight excluding hydrogens is 182 g/mol. The zero-order chi connectivity index (χ0) is 9.80. The van der Waals surface area contributed by atoms with Crippen LogP contribution in [0.5, 0.6) is 0 Å². The molecule has 0 unspecified atom stereocenters. The molecule has 6 nitrogen and oxygen atoms in total. The summed E-state index contributed by atoms with van der Waals surface area (Å²) in [7, 11) is 1.67. The first-order valence-electron chi connectivity index (χ1n) is 4.87. The highest BCUT2D eigenvalue weighted by Gasteiger charge is 2.21. The SMILES string of the molecule is COCCn1nnnc1CNC1CC1. The lowest BCUT2D eigenvalue weighted by Gasteiger charge is -2.04. The minimum absolute atomic E-state index is 0.640. The standard InChI is InChI=1S/C8H15N5O/c1-14-5-4-13-8(10-11-12-13)6-9-7-2-3-7/h7,9H,2-6H2,1H3. The van der Waals surface area contributed by atoms with E-state index in [1.807, 2.05) is 0 Å². The van der Waals surface area contributed by atoms with Crippen LogP contribution in [0.1, 0.15) is 18.7 Å². The molecule has 1 aromatic heterocycles. The zero-order valence-electron chi connectivity index (χ0n) is 8.31. The molecule has 1 aliphatic carbocycles. The van der Waals surface area contributed by atoms with E-state index in [0.717, 1.165) is 12.4 Å². The molecule has 1 N–H and O–H groups in total. The van der Waals surface area contributed by atoms with Gasteiger partial charge in [0.05, 0.1) is 19.7 Å². The van der Waals surface area contributed by atoms with Crippen LogP contribution >= 0.6 is 0 Å². The first-order valence-corrected chi connectivity index (χ1v) is 4.87. The van der Waals surface area contributed by atoms with Gasteiger partial charge >= 0.3 is 0 Å². The Morgan fingerprint density at radius 3 is 3.14 bits per heavy atom. The molecule has 1 saturated carbocycles. The summed E-state index contributed by atoms with van der Waals surface area (Å²) in [5.74, 6) is 0.883. The third-order valence-corrected chi connectivity index (χ3v) is 2.24. The van der Waals surface area contributed by atoms with Gasteiger partial charge in [-0.05, 0) is 23.3 Å². The topological polar surface area (TPSA) is 64.9 Å². The van der Waals surface area contributed by atoms with Gasteiger partial charge in [-0.3, -0.25) is 0 Å². The Balaban J connectivity index is 1.83. The van der Waals surface area contributed by atoms with Gasteiger partial charge in [0.15, 0.2) is 5.82 Å². The van der Waals surface area contributed by atoms with Gasteiger partial charge in [0.25, 0.3) is 0 Å². The number of nitrogens with one attached hydrogen (secondary N) is 1. The molecule has 0 spiro atoms. The molecule has 0 atom stereocenters. The van der Waals surface area contributed by atoms with Crippen molar-refractivity contribution in [1.29, 1.82) is 0 Å². The van der Waals surface area contributed by atoms with Crippen LogP contribution in [0.2, 0.25) is 0 Å². The fraction of sp³-hybridized carbons (Fsp3) is 0.875. The summed E-state index contributed by atoms with van der Waals surface area (Å²) < 4.78 is 6.75. The maximum absolute atomic E-state index is 4.97. The van der Waals surface area contributed by atoms with Crippen molar-refractivity contribution in [3.63, 3.8) is 0 Å². The van der Waals surface area contributed by atoms with Crippen molar-refractivity contribution in [1.82, 2.24) is 25.5 Å². The number of rotatable bonds is 6. The van der Waals surface area contributed by atoms with Gasteiger partial charge in [0.2, 0.25) is 0 Å². The first-order chi connectivity index (χ1) is 6.90. The summed E-state index contributed by atoms with van der Waals surface area (Å²) in [5.41, 5.74) is 0. The lowest BCUT2D eigenvalue weighted by molar-refractivity contribution is 0.181. The van der Waals surface area contributed by atoms with E-state index in [4.69, 9.17) is 4.74 Å². The quantitative estimate of drug-likeness (QED) is 0.670. The molecule has 0 radical (unpaired) electrons. The van der Waals surface area contributed by atoms with Gasteiger partial charge < -0.3 is 10.1 Å². The predicted octanol–water partition coefficient (Wildman–Crippen LogP) is -0.429. The number of tetrazole rings is 1. The second kappa shape index (κ2) is 4.47. The Labute approximate surface area is 82.6 Å². The second-order valence-corrected chi connectivity index (χ2v) is 3.47. The normalized spacial score (nSPS) is 16.1. The smallest absolute Gasteiger partial charge is 0.165 e. The van der Waals surface area contributed by atoms with Gasteiger partial charge in [-0.1, -0.05) is 0 Å². The van der Waals surface area contributed by atoms with Crippen LogP contribution in [-0.2, 0) is 17.8 Å². The number of nitrogens with zero attached hydrogens (tertiary/aromatic N) is 4. The van der Waals surface area contributed by atoms with Gasteiger partial charge in [-0.2, -0.15) is 0 Å². The molecule has 1 aromatic rings. The number of aromatic nitrogens is 4. The van der Waals surface area contributed by atoms with E-state index in [-0.39, 0.29) is 0 Å². The van der Waals surface area contributed by atoms with E-state index in [1.165, 1.54) is 12.8 Å². The highest BCUT2D eigenvalue weighted by molar-refractivity contribution is 4.86. The van der Waals surface area contributed by atoms with Crippen molar-refractivity contribution in [3.05, 3.63) is 5.82 Å². The third-order valence-electron chi connectivity index (χ3n) is 2.24. The molecule has 6 heteroatoms. The average molecular weight is 197 g/mol. The zero-order valence-corrected chi connectivity index (χ0v) is 8.31. The molecule has 1 fully saturated rings. The monoisotopic (exact) mass is 197 g/mol. The van der Waals surface area contributed by atoms with Crippen molar-refractivity contribution >= 4 is 0 Å². The van der Waals surface area contributed by atoms with Crippen LogP contribution in [-0.4, -0.2) is 40.0 Å². The molecular formula is C8H15N5O. The van der Waals surface area contributed by atoms with Gasteiger partial charge in [-0.15, -0.1) is 5.10 Å². The highest BCUT2D eigenvalue weighted by atomic mass is 16.5. The molecule has 1 heterocycles. The van der Waals surface area contributed by atoms with Crippen LogP contribution < -0.4 is 5.32 Å². The van der Waals surface area contributed by atoms with E-state index < -0.39 is 0 Å². The van der Waals surface area contributed by atoms with Crippen molar-refractivity contribution in [3.8, 4) is 0 Å². The Kier molecular flexibility index (Phi) is 3.05. The van der Waals surface area contributed by atoms with Crippen molar-refractivity contribution in [2.45, 2.75) is 32.0 Å². The van der Waals surface area contributed by atoms with Crippen molar-refractivity contribution in [2.24, 2.45) is 0 Å². The summed E-state index contributed by atoms with van der Waals surface area (Å²) in [4.78, 5) is 0. The summed E-state index contributed by atoms with van der Waals surface area (Å²) in [6, 6.07) is 0.683. The fourth-order valence-corrected chi connectivity index (χ4v) is 1.22. The van der Waals surface area contributed by atoms with Gasteiger partial charge in [0.1, 0.15) is 0 Å². The first kappa shape index (κ1) is 9.54. The minimum atomic E-state index is 0.640. The maximum Gasteiger partial charge on any atom is 0.165 e. The lowest BCUT2D eigenvalue weighted by atomic mass is 10.5. The molecule has 0 saturated heterocycles. The Morgan fingerprint density at radius 2 is 2.43 bits per heavy atom. The number of hydrogen-bond donors (Lipinski definition) is 1. The van der Waals surface area contributed by atoms with Crippen LogP contribution in [0.15, 0.2) is 0 Å². The average Bonchev–Trinajstić information content (AvgIpc) is 2.92. The van der Waals surface area contributed by atoms with Crippen molar-refractivity contribution < 1.29 is 4.74 Å². The largest absolute Gasteiger partial charge is 0.383 e. The minimum Gasteiger partial charge on any atom is -0.383 e. The number of methoxy groups -OCH3 is 1. The molecule has 14 heavy (non-hydrogen) atoms. The maximum atomic E-state index is 4.97. The highest BCUT2D eigenvalue weighted by Crippen LogP contribution is 2.18. The number of ether oxygens (including phenoxy) is 1. The molecule has 2 rings (SSSR count). The van der Waals surface area contributed by atoms with Crippen molar-refractivity contribution in [2.75, 3.05) is 13.7 Å². The molecule has 0 amide bonds. The molecule has 0 aliphatic heterocycles. The summed E-state index contributed by atoms with van der Waals surface area (Å²) in [6.45, 7) is 2.11. The fourth-order valence-electron chi connectivity index (χ4n) is 1.22. The van der Waals surface area contributed by atoms with E-state index in [9.17, 15) is 0 Å². The van der Waals surface area contributed by atoms with E-state index in [2.05, 4.69) is 20.8 Å². The Hall–Kier alpha value is -1.01. The lowest BCUT2D eigenvalue weighted by Crippen LogP contribution is -2.20. The van der Waals surface area contributed by atoms with Crippen LogP contribution in [0.3, 0.4) is 0 Å². The molecule has 78 valence electrons. The van der Waals surface area contributed by atoms with E-state index in [1.54, 1.807) is 11.8 Å². The summed E-state index contributed by atoms with van der Waals surface area (Å²) >= 11 is 0. The van der Waals surface area contributed by atoms with E-state index >= 15 is 0 Å². The predicted molar refractivity (Wildman–Crippen MR) is 49.6 cm³/mol. The van der Waals surface area contributed by atoms with Crippen LogP contribution in [0.25, 0.3) is 0 Å².